The molecule has 0 radical (unpaired) electrons. The molecule has 1 N–H and O–H groups in total. The zero-order chi connectivity index (χ0) is 16.4. The summed E-state index contributed by atoms with van der Waals surface area (Å²) in [6.07, 6.45) is 3.97. The summed E-state index contributed by atoms with van der Waals surface area (Å²) in [6, 6.07) is 12.5. The van der Waals surface area contributed by atoms with Crippen molar-refractivity contribution in [1.82, 2.24) is 14.9 Å². The fourth-order valence-electron chi connectivity index (χ4n) is 2.93. The van der Waals surface area contributed by atoms with Crippen LogP contribution in [0.5, 0.6) is 0 Å². The van der Waals surface area contributed by atoms with E-state index in [1.165, 1.54) is 5.69 Å². The predicted molar refractivity (Wildman–Crippen MR) is 93.2 cm³/mol. The van der Waals surface area contributed by atoms with Crippen molar-refractivity contribution in [3.05, 3.63) is 48.3 Å². The van der Waals surface area contributed by atoms with Gasteiger partial charge in [-0.3, -0.25) is 4.79 Å². The molecule has 1 aromatic heterocycles. The number of nitrogens with zero attached hydrogens (tertiary/aromatic N) is 4. The van der Waals surface area contributed by atoms with Crippen molar-refractivity contribution in [3.63, 3.8) is 0 Å². The number of aromatic nitrogens is 2. The highest BCUT2D eigenvalue weighted by Gasteiger charge is 2.25. The number of hydrogen-bond acceptors (Lipinski definition) is 5. The average molecular weight is 323 g/mol. The predicted octanol–water partition coefficient (Wildman–Crippen LogP) is 2.01. The molecule has 24 heavy (non-hydrogen) atoms. The van der Waals surface area contributed by atoms with E-state index in [1.54, 1.807) is 12.3 Å². The van der Waals surface area contributed by atoms with Crippen LogP contribution in [0, 0.1) is 0 Å². The summed E-state index contributed by atoms with van der Waals surface area (Å²) in [5.74, 6) is 0.551. The topological polar surface area (TPSA) is 61.4 Å². The molecule has 4 rings (SSSR count). The molecular formula is C18H21N5O. The van der Waals surface area contributed by atoms with Crippen molar-refractivity contribution >= 4 is 17.5 Å². The Hall–Kier alpha value is -2.63. The lowest BCUT2D eigenvalue weighted by molar-refractivity contribution is 0.0741. The molecule has 6 nitrogen and oxygen atoms in total. The van der Waals surface area contributed by atoms with Crippen LogP contribution in [0.4, 0.5) is 11.6 Å². The fourth-order valence-corrected chi connectivity index (χ4v) is 2.93. The Balaban J connectivity index is 1.39. The smallest absolute Gasteiger partial charge is 0.272 e. The Labute approximate surface area is 141 Å². The number of carbonyl (C=O) groups is 1. The van der Waals surface area contributed by atoms with Gasteiger partial charge in [-0.1, -0.05) is 18.2 Å². The molecule has 0 unspecified atom stereocenters. The third kappa shape index (κ3) is 3.32. The first-order chi connectivity index (χ1) is 11.8. The molecule has 1 aliphatic carbocycles. The number of piperazine rings is 1. The largest absolute Gasteiger partial charge is 0.368 e. The summed E-state index contributed by atoms with van der Waals surface area (Å²) in [4.78, 5) is 25.4. The molecule has 0 atom stereocenters. The Morgan fingerprint density at radius 2 is 1.79 bits per heavy atom. The number of para-hydroxylation sites is 1. The van der Waals surface area contributed by atoms with Crippen molar-refractivity contribution in [3.8, 4) is 0 Å². The SMILES string of the molecule is O=C(c1ccnc(NC2CC2)n1)N1CCN(c2ccccc2)CC1. The standard InChI is InChI=1S/C18H21N5O/c24-17(16-8-9-19-18(21-16)20-14-6-7-14)23-12-10-22(11-13-23)15-4-2-1-3-5-15/h1-5,8-9,14H,6-7,10-13H2,(H,19,20,21). The second-order valence-corrected chi connectivity index (χ2v) is 6.30. The van der Waals surface area contributed by atoms with Crippen LogP contribution in [0.2, 0.25) is 0 Å². The van der Waals surface area contributed by atoms with Gasteiger partial charge in [0.05, 0.1) is 0 Å². The first-order valence-corrected chi connectivity index (χ1v) is 8.48. The van der Waals surface area contributed by atoms with E-state index in [9.17, 15) is 4.79 Å². The van der Waals surface area contributed by atoms with Crippen LogP contribution < -0.4 is 10.2 Å². The van der Waals surface area contributed by atoms with Crippen molar-refractivity contribution < 1.29 is 4.79 Å². The highest BCUT2D eigenvalue weighted by atomic mass is 16.2. The zero-order valence-electron chi connectivity index (χ0n) is 13.6. The number of carbonyl (C=O) groups excluding carboxylic acids is 1. The van der Waals surface area contributed by atoms with Gasteiger partial charge in [-0.05, 0) is 31.0 Å². The van der Waals surface area contributed by atoms with E-state index in [2.05, 4.69) is 32.3 Å². The van der Waals surface area contributed by atoms with Gasteiger partial charge in [0.1, 0.15) is 5.69 Å². The summed E-state index contributed by atoms with van der Waals surface area (Å²) in [7, 11) is 0. The number of amides is 1. The van der Waals surface area contributed by atoms with Crippen LogP contribution in [-0.2, 0) is 0 Å². The first-order valence-electron chi connectivity index (χ1n) is 8.48. The molecule has 1 amide bonds. The Morgan fingerprint density at radius 1 is 1.04 bits per heavy atom. The lowest BCUT2D eigenvalue weighted by Gasteiger charge is -2.36. The van der Waals surface area contributed by atoms with Gasteiger partial charge < -0.3 is 15.1 Å². The number of rotatable bonds is 4. The molecule has 0 bridgehead atoms. The molecule has 2 heterocycles. The second-order valence-electron chi connectivity index (χ2n) is 6.30. The molecular weight excluding hydrogens is 302 g/mol. The lowest BCUT2D eigenvalue weighted by Crippen LogP contribution is -2.49. The highest BCUT2D eigenvalue weighted by molar-refractivity contribution is 5.92. The van der Waals surface area contributed by atoms with Gasteiger partial charge in [-0.2, -0.15) is 0 Å². The molecule has 2 aliphatic rings. The van der Waals surface area contributed by atoms with Crippen LogP contribution >= 0.6 is 0 Å². The Bertz CT molecular complexity index is 708. The Kier molecular flexibility index (Phi) is 4.02. The molecule has 2 aromatic rings. The van der Waals surface area contributed by atoms with Crippen molar-refractivity contribution in [2.75, 3.05) is 36.4 Å². The highest BCUT2D eigenvalue weighted by Crippen LogP contribution is 2.23. The van der Waals surface area contributed by atoms with Crippen LogP contribution in [0.25, 0.3) is 0 Å². The van der Waals surface area contributed by atoms with Crippen LogP contribution in [0.1, 0.15) is 23.3 Å². The summed E-state index contributed by atoms with van der Waals surface area (Å²) in [5, 5.41) is 3.24. The van der Waals surface area contributed by atoms with Crippen molar-refractivity contribution in [1.29, 1.82) is 0 Å². The minimum absolute atomic E-state index is 0.0102. The summed E-state index contributed by atoms with van der Waals surface area (Å²) >= 11 is 0. The van der Waals surface area contributed by atoms with Crippen LogP contribution in [0.3, 0.4) is 0 Å². The van der Waals surface area contributed by atoms with E-state index >= 15 is 0 Å². The minimum Gasteiger partial charge on any atom is -0.368 e. The van der Waals surface area contributed by atoms with Crippen molar-refractivity contribution in [2.45, 2.75) is 18.9 Å². The third-order valence-corrected chi connectivity index (χ3v) is 4.47. The van der Waals surface area contributed by atoms with Gasteiger partial charge >= 0.3 is 0 Å². The molecule has 124 valence electrons. The summed E-state index contributed by atoms with van der Waals surface area (Å²) in [6.45, 7) is 3.11. The van der Waals surface area contributed by atoms with Crippen LogP contribution in [0.15, 0.2) is 42.6 Å². The fraction of sp³-hybridized carbons (Fsp3) is 0.389. The van der Waals surface area contributed by atoms with Gasteiger partial charge in [-0.15, -0.1) is 0 Å². The quantitative estimate of drug-likeness (QED) is 0.933. The molecule has 0 spiro atoms. The minimum atomic E-state index is -0.0102. The third-order valence-electron chi connectivity index (χ3n) is 4.47. The van der Waals surface area contributed by atoms with Gasteiger partial charge in [0.25, 0.3) is 5.91 Å². The van der Waals surface area contributed by atoms with Crippen molar-refractivity contribution in [2.24, 2.45) is 0 Å². The van der Waals surface area contributed by atoms with Crippen LogP contribution in [-0.4, -0.2) is 53.0 Å². The molecule has 6 heteroatoms. The summed E-state index contributed by atoms with van der Waals surface area (Å²) in [5.41, 5.74) is 1.68. The van der Waals surface area contributed by atoms with Gasteiger partial charge in [0, 0.05) is 44.1 Å². The average Bonchev–Trinajstić information content (AvgIpc) is 3.46. The molecule has 2 fully saturated rings. The van der Waals surface area contributed by atoms with Gasteiger partial charge in [-0.25, -0.2) is 9.97 Å². The Morgan fingerprint density at radius 3 is 2.50 bits per heavy atom. The molecule has 1 saturated carbocycles. The number of nitrogens with one attached hydrogen (secondary N) is 1. The normalized spacial score (nSPS) is 17.7. The second kappa shape index (κ2) is 6.47. The van der Waals surface area contributed by atoms with Gasteiger partial charge in [0.2, 0.25) is 5.95 Å². The maximum atomic E-state index is 12.7. The van der Waals surface area contributed by atoms with E-state index in [0.717, 1.165) is 25.9 Å². The van der Waals surface area contributed by atoms with E-state index in [-0.39, 0.29) is 5.91 Å². The van der Waals surface area contributed by atoms with E-state index < -0.39 is 0 Å². The lowest BCUT2D eigenvalue weighted by atomic mass is 10.2. The summed E-state index contributed by atoms with van der Waals surface area (Å²) < 4.78 is 0. The molecule has 1 aromatic carbocycles. The van der Waals surface area contributed by atoms with E-state index in [0.29, 0.717) is 30.8 Å². The maximum absolute atomic E-state index is 12.7. The zero-order valence-corrected chi connectivity index (χ0v) is 13.6. The first kappa shape index (κ1) is 14.9. The monoisotopic (exact) mass is 323 g/mol. The number of benzene rings is 1. The molecule has 1 saturated heterocycles. The number of hydrogen-bond donors (Lipinski definition) is 1. The van der Waals surface area contributed by atoms with E-state index in [1.807, 2.05) is 23.1 Å². The maximum Gasteiger partial charge on any atom is 0.272 e. The number of anilines is 2. The van der Waals surface area contributed by atoms with Gasteiger partial charge in [0.15, 0.2) is 0 Å². The van der Waals surface area contributed by atoms with E-state index in [4.69, 9.17) is 0 Å². The molecule has 1 aliphatic heterocycles.